The quantitative estimate of drug-likeness (QED) is 0.106. The molecular formula is C51H62N12O6. The Hall–Kier alpha value is -6.34. The number of Topliss-reactive ketones (excluding diaryl/α,β-unsaturated/α-hetero) is 2. The van der Waals surface area contributed by atoms with E-state index in [2.05, 4.69) is 36.5 Å². The maximum absolute atomic E-state index is 13.4. The van der Waals surface area contributed by atoms with E-state index in [4.69, 9.17) is 24.7 Å². The van der Waals surface area contributed by atoms with Crippen molar-refractivity contribution in [1.82, 2.24) is 48.8 Å². The second-order valence-corrected chi connectivity index (χ2v) is 18.8. The fraction of sp³-hybridized carbons (Fsp3) is 0.490. The minimum Gasteiger partial charge on any atom is -0.395 e. The third kappa shape index (κ3) is 9.93. The lowest BCUT2D eigenvalue weighted by atomic mass is 10.0. The number of hydrogen-bond acceptors (Lipinski definition) is 16. The van der Waals surface area contributed by atoms with Crippen LogP contribution in [0.25, 0.3) is 22.1 Å². The fourth-order valence-electron chi connectivity index (χ4n) is 10.7. The Morgan fingerprint density at radius 2 is 1.10 bits per heavy atom. The summed E-state index contributed by atoms with van der Waals surface area (Å²) in [6.07, 6.45) is 13.0. The number of aliphatic hydroxyl groups excluding tert-OH is 1. The van der Waals surface area contributed by atoms with Gasteiger partial charge in [0.05, 0.1) is 24.3 Å². The molecule has 0 radical (unpaired) electrons. The molecule has 69 heavy (non-hydrogen) atoms. The Balaban J connectivity index is 0.000000172. The number of β-amino-alcohol motifs (C(OH)–C–C–N with tert-alkyl or cyclic N) is 1. The van der Waals surface area contributed by atoms with Gasteiger partial charge < -0.3 is 20.5 Å². The Kier molecular flexibility index (Phi) is 14.3. The number of fused-ring (bicyclic) bond motifs is 4. The predicted octanol–water partition coefficient (Wildman–Crippen LogP) is 6.47. The number of carbonyl (C=O) groups is 2. The topological polar surface area (TPSA) is 215 Å². The molecule has 0 aromatic carbocycles. The molecule has 0 spiro atoms. The molecule has 8 heterocycles. The number of aromatic nitrogens is 8. The third-order valence-electron chi connectivity index (χ3n) is 14.3. The van der Waals surface area contributed by atoms with Gasteiger partial charge in [-0.1, -0.05) is 37.8 Å². The molecule has 6 aromatic rings. The molecule has 362 valence electrons. The van der Waals surface area contributed by atoms with E-state index in [9.17, 15) is 24.3 Å². The molecule has 18 nitrogen and oxygen atoms in total. The predicted molar refractivity (Wildman–Crippen MR) is 264 cm³/mol. The van der Waals surface area contributed by atoms with Crippen LogP contribution < -0.4 is 21.8 Å². The first-order chi connectivity index (χ1) is 33.4. The highest BCUT2D eigenvalue weighted by atomic mass is 16.5. The van der Waals surface area contributed by atoms with Crippen molar-refractivity contribution >= 4 is 57.2 Å². The molecule has 0 unspecified atom stereocenters. The van der Waals surface area contributed by atoms with Gasteiger partial charge in [-0.15, -0.1) is 0 Å². The van der Waals surface area contributed by atoms with Crippen molar-refractivity contribution in [2.75, 3.05) is 57.1 Å². The molecule has 18 heteroatoms. The van der Waals surface area contributed by atoms with Crippen molar-refractivity contribution in [3.05, 3.63) is 102 Å². The van der Waals surface area contributed by atoms with Crippen LogP contribution in [0.2, 0.25) is 0 Å². The lowest BCUT2D eigenvalue weighted by molar-refractivity contribution is 0.100. The van der Waals surface area contributed by atoms with Crippen molar-refractivity contribution in [3.8, 4) is 0 Å². The average Bonchev–Trinajstić information content (AvgIpc) is 4.07. The van der Waals surface area contributed by atoms with Crippen molar-refractivity contribution in [1.29, 1.82) is 0 Å². The highest BCUT2D eigenvalue weighted by molar-refractivity contribution is 6.00. The number of ketones is 2. The Morgan fingerprint density at radius 3 is 1.51 bits per heavy atom. The highest BCUT2D eigenvalue weighted by Gasteiger charge is 2.28. The van der Waals surface area contributed by atoms with Crippen LogP contribution in [-0.4, -0.2) is 112 Å². The monoisotopic (exact) mass is 938 g/mol. The molecule has 0 amide bonds. The van der Waals surface area contributed by atoms with E-state index in [1.807, 2.05) is 18.2 Å². The molecular weight excluding hydrogens is 877 g/mol. The Labute approximate surface area is 400 Å². The minimum absolute atomic E-state index is 0.0418. The van der Waals surface area contributed by atoms with E-state index >= 15 is 0 Å². The van der Waals surface area contributed by atoms with Gasteiger partial charge in [0.15, 0.2) is 11.6 Å². The van der Waals surface area contributed by atoms with Gasteiger partial charge in [-0.25, -0.2) is 19.9 Å². The van der Waals surface area contributed by atoms with Crippen LogP contribution in [0.15, 0.2) is 46.2 Å². The summed E-state index contributed by atoms with van der Waals surface area (Å²) in [6.45, 7) is 12.4. The lowest BCUT2D eigenvalue weighted by Crippen LogP contribution is -2.33. The second kappa shape index (κ2) is 20.7. The van der Waals surface area contributed by atoms with Crippen molar-refractivity contribution in [2.45, 2.75) is 117 Å². The van der Waals surface area contributed by atoms with Crippen LogP contribution in [0, 0.1) is 13.8 Å². The maximum atomic E-state index is 13.4. The average molecular weight is 939 g/mol. The molecule has 0 saturated heterocycles. The number of aryl methyl sites for hydroxylation is 2. The number of methoxy groups -OCH3 is 1. The zero-order valence-electron chi connectivity index (χ0n) is 40.3. The van der Waals surface area contributed by atoms with Gasteiger partial charge in [-0.2, -0.15) is 9.97 Å². The summed E-state index contributed by atoms with van der Waals surface area (Å²) in [5.74, 6) is 1.65. The minimum atomic E-state index is -0.256. The zero-order chi connectivity index (χ0) is 48.3. The molecule has 6 aromatic heterocycles. The standard InChI is InChI=1S/C26H32N6O3.C25H30N6O3/c1-16-20-14-27-26(29-22-9-8-18-15-31(12-13-35-3)11-10-21(18)28-22)30-24(20)32(19-6-4-5-7-19)25(34)23(16)17(2)33;1-15-19-13-26-25(28-21-8-7-17-14-30(11-12-32)10-9-20(17)27-21)29-23(19)31(18-5-3-4-6-18)24(34)22(15)16(2)33/h8-9,14,19H,4-7,10-13,15H2,1-3H3,(H,27,28,29,30);7-8,13,18,32H,3-6,9-12,14H2,1-2H3,(H,26,27,28,29). The molecule has 2 fully saturated rings. The van der Waals surface area contributed by atoms with Gasteiger partial charge in [0.2, 0.25) is 11.9 Å². The van der Waals surface area contributed by atoms with Crippen molar-refractivity contribution in [2.24, 2.45) is 0 Å². The first-order valence-corrected chi connectivity index (χ1v) is 24.3. The van der Waals surface area contributed by atoms with Crippen LogP contribution in [0.5, 0.6) is 0 Å². The van der Waals surface area contributed by atoms with E-state index in [1.165, 1.54) is 19.4 Å². The summed E-state index contributed by atoms with van der Waals surface area (Å²) >= 11 is 0. The van der Waals surface area contributed by atoms with E-state index in [0.717, 1.165) is 131 Å². The van der Waals surface area contributed by atoms with Gasteiger partial charge in [0, 0.05) is 106 Å². The third-order valence-corrected chi connectivity index (χ3v) is 14.3. The SMILES string of the molecule is CC(=O)c1c(C)c2cnc(Nc3ccc4c(n3)CCN(CCO)C4)nc2n(C2CCCC2)c1=O.COCCN1CCc2nc(Nc3ncc4c(C)c(C(C)=O)c(=O)n(C5CCCC5)c4n3)ccc2C1. The van der Waals surface area contributed by atoms with E-state index in [1.54, 1.807) is 42.5 Å². The molecule has 10 rings (SSSR count). The number of ether oxygens (including phenoxy) is 1. The molecule has 2 saturated carbocycles. The molecule has 0 atom stereocenters. The summed E-state index contributed by atoms with van der Waals surface area (Å²) < 4.78 is 8.65. The summed E-state index contributed by atoms with van der Waals surface area (Å²) in [7, 11) is 1.73. The van der Waals surface area contributed by atoms with Crippen LogP contribution in [0.1, 0.15) is 132 Å². The highest BCUT2D eigenvalue weighted by Crippen LogP contribution is 2.34. The number of nitrogens with zero attached hydrogens (tertiary/aromatic N) is 10. The van der Waals surface area contributed by atoms with Crippen LogP contribution in [0.3, 0.4) is 0 Å². The summed E-state index contributed by atoms with van der Waals surface area (Å²) in [4.78, 5) is 84.0. The smallest absolute Gasteiger partial charge is 0.263 e. The fourth-order valence-corrected chi connectivity index (χ4v) is 10.7. The number of carbonyl (C=O) groups excluding carboxylic acids is 2. The van der Waals surface area contributed by atoms with Gasteiger partial charge in [-0.05, 0) is 87.8 Å². The van der Waals surface area contributed by atoms with E-state index in [-0.39, 0.29) is 52.5 Å². The largest absolute Gasteiger partial charge is 0.395 e. The summed E-state index contributed by atoms with van der Waals surface area (Å²) in [6, 6.07) is 8.09. The first-order valence-electron chi connectivity index (χ1n) is 24.3. The molecule has 2 aliphatic carbocycles. The maximum Gasteiger partial charge on any atom is 0.263 e. The van der Waals surface area contributed by atoms with Gasteiger partial charge in [0.25, 0.3) is 11.1 Å². The number of hydrogen-bond donors (Lipinski definition) is 3. The summed E-state index contributed by atoms with van der Waals surface area (Å²) in [5, 5.41) is 17.1. The van der Waals surface area contributed by atoms with Gasteiger partial charge in [0.1, 0.15) is 22.9 Å². The number of anilines is 4. The van der Waals surface area contributed by atoms with E-state index < -0.39 is 0 Å². The Morgan fingerprint density at radius 1 is 0.667 bits per heavy atom. The summed E-state index contributed by atoms with van der Waals surface area (Å²) in [5.41, 5.74) is 6.88. The number of aliphatic hydroxyl groups is 1. The lowest BCUT2D eigenvalue weighted by Gasteiger charge is -2.28. The van der Waals surface area contributed by atoms with Crippen LogP contribution in [-0.2, 0) is 30.7 Å². The normalized spacial score (nSPS) is 16.6. The van der Waals surface area contributed by atoms with Crippen LogP contribution in [0.4, 0.5) is 23.5 Å². The van der Waals surface area contributed by atoms with Crippen molar-refractivity contribution in [3.63, 3.8) is 0 Å². The number of pyridine rings is 4. The van der Waals surface area contributed by atoms with Gasteiger partial charge >= 0.3 is 0 Å². The number of nitrogens with one attached hydrogen (secondary N) is 2. The number of rotatable bonds is 13. The first kappa shape index (κ1) is 47.7. The van der Waals surface area contributed by atoms with Crippen molar-refractivity contribution < 1.29 is 19.4 Å². The zero-order valence-corrected chi connectivity index (χ0v) is 40.3. The Bertz CT molecular complexity index is 3050. The van der Waals surface area contributed by atoms with Gasteiger partial charge in [-0.3, -0.25) is 38.1 Å². The molecule has 3 N–H and O–H groups in total. The molecule has 2 aliphatic heterocycles. The van der Waals surface area contributed by atoms with Crippen LogP contribution >= 0.6 is 0 Å². The second-order valence-electron chi connectivity index (χ2n) is 18.8. The molecule has 0 bridgehead atoms. The van der Waals surface area contributed by atoms with E-state index in [0.29, 0.717) is 52.5 Å². The molecule has 4 aliphatic rings.